The van der Waals surface area contributed by atoms with Crippen molar-refractivity contribution >= 4 is 50.5 Å². The molecule has 0 aliphatic carbocycles. The van der Waals surface area contributed by atoms with Crippen molar-refractivity contribution in [3.05, 3.63) is 70.6 Å². The highest BCUT2D eigenvalue weighted by molar-refractivity contribution is 8.19. The van der Waals surface area contributed by atoms with Gasteiger partial charge in [-0.25, -0.2) is 0 Å². The van der Waals surface area contributed by atoms with Crippen molar-refractivity contribution < 1.29 is 22.7 Å². The zero-order valence-electron chi connectivity index (χ0n) is 22.4. The Labute approximate surface area is 241 Å². The molecule has 1 amide bonds. The lowest BCUT2D eigenvalue weighted by Gasteiger charge is -2.12. The second kappa shape index (κ2) is 15.1. The van der Waals surface area contributed by atoms with E-state index in [4.69, 9.17) is 21.1 Å². The first-order valence-corrected chi connectivity index (χ1v) is 15.7. The molecule has 39 heavy (non-hydrogen) atoms. The summed E-state index contributed by atoms with van der Waals surface area (Å²) in [5, 5.41) is 0.470. The standard InChI is InChI=1S/C29H35ClN2O5S2/c1-4-6-7-8-9-10-11-19-37-25-17-12-22(20-26(25)36-3)21-27-28(33)32(18-5-2)29(38-27)31-39(34,35)24-15-13-23(30)14-16-24/h5,12-17,20-21H,2,4,6-11,18-19H2,1,3H3/b27-21-,31-29+. The highest BCUT2D eigenvalue weighted by atomic mass is 35.5. The van der Waals surface area contributed by atoms with E-state index in [1.54, 1.807) is 19.3 Å². The van der Waals surface area contributed by atoms with Crippen molar-refractivity contribution in [2.24, 2.45) is 4.40 Å². The van der Waals surface area contributed by atoms with Gasteiger partial charge in [-0.1, -0.05) is 69.2 Å². The number of nitrogens with zero attached hydrogens (tertiary/aromatic N) is 2. The number of unbranched alkanes of at least 4 members (excludes halogenated alkanes) is 6. The summed E-state index contributed by atoms with van der Waals surface area (Å²) >= 11 is 6.87. The van der Waals surface area contributed by atoms with E-state index in [0.29, 0.717) is 33.6 Å². The minimum absolute atomic E-state index is 0.0137. The van der Waals surface area contributed by atoms with Crippen LogP contribution in [0.3, 0.4) is 0 Å². The highest BCUT2D eigenvalue weighted by Crippen LogP contribution is 2.35. The summed E-state index contributed by atoms with van der Waals surface area (Å²) in [5.74, 6) is 0.841. The summed E-state index contributed by atoms with van der Waals surface area (Å²) in [4.78, 5) is 14.7. The van der Waals surface area contributed by atoms with Crippen LogP contribution in [0.5, 0.6) is 11.5 Å². The van der Waals surface area contributed by atoms with E-state index < -0.39 is 10.0 Å². The van der Waals surface area contributed by atoms with Gasteiger partial charge in [0.1, 0.15) is 0 Å². The van der Waals surface area contributed by atoms with Gasteiger partial charge in [0.25, 0.3) is 15.9 Å². The number of halogens is 1. The number of amides is 1. The smallest absolute Gasteiger partial charge is 0.284 e. The third-order valence-corrected chi connectivity index (χ3v) is 8.66. The van der Waals surface area contributed by atoms with Crippen LogP contribution in [0.1, 0.15) is 57.4 Å². The Morgan fingerprint density at radius 1 is 1.03 bits per heavy atom. The number of thioether (sulfide) groups is 1. The van der Waals surface area contributed by atoms with Crippen LogP contribution in [-0.2, 0) is 14.8 Å². The van der Waals surface area contributed by atoms with Gasteiger partial charge in [-0.2, -0.15) is 8.42 Å². The molecule has 10 heteroatoms. The molecule has 210 valence electrons. The van der Waals surface area contributed by atoms with Crippen molar-refractivity contribution in [3.8, 4) is 11.5 Å². The van der Waals surface area contributed by atoms with Gasteiger partial charge in [0.2, 0.25) is 0 Å². The molecule has 0 spiro atoms. The summed E-state index contributed by atoms with van der Waals surface area (Å²) in [5.41, 5.74) is 0.714. The van der Waals surface area contributed by atoms with E-state index in [2.05, 4.69) is 17.9 Å². The number of benzene rings is 2. The number of hydrogen-bond donors (Lipinski definition) is 0. The summed E-state index contributed by atoms with van der Waals surface area (Å²) < 4.78 is 41.2. The van der Waals surface area contributed by atoms with Gasteiger partial charge in [-0.05, 0) is 66.2 Å². The molecule has 0 atom stereocenters. The second-order valence-electron chi connectivity index (χ2n) is 9.00. The van der Waals surface area contributed by atoms with E-state index >= 15 is 0 Å². The predicted molar refractivity (Wildman–Crippen MR) is 160 cm³/mol. The number of methoxy groups -OCH3 is 1. The van der Waals surface area contributed by atoms with Gasteiger partial charge >= 0.3 is 0 Å². The maximum absolute atomic E-state index is 13.1. The molecule has 1 fully saturated rings. The molecule has 1 heterocycles. The summed E-state index contributed by atoms with van der Waals surface area (Å²) in [6.07, 6.45) is 11.6. The minimum atomic E-state index is -4.05. The number of hydrogen-bond acceptors (Lipinski definition) is 6. The van der Waals surface area contributed by atoms with Gasteiger partial charge in [0.15, 0.2) is 16.7 Å². The van der Waals surface area contributed by atoms with Gasteiger partial charge < -0.3 is 9.47 Å². The van der Waals surface area contributed by atoms with Crippen molar-refractivity contribution in [2.75, 3.05) is 20.3 Å². The third kappa shape index (κ3) is 8.88. The van der Waals surface area contributed by atoms with Crippen LogP contribution < -0.4 is 9.47 Å². The molecule has 7 nitrogen and oxygen atoms in total. The Morgan fingerprint density at radius 2 is 1.72 bits per heavy atom. The minimum Gasteiger partial charge on any atom is -0.493 e. The Bertz CT molecular complexity index is 1310. The SMILES string of the molecule is C=CCN1C(=O)/C(=C/c2ccc(OCCCCCCCCC)c(OC)c2)S/C1=N/S(=O)(=O)c1ccc(Cl)cc1. The molecule has 1 saturated heterocycles. The largest absolute Gasteiger partial charge is 0.493 e. The molecule has 1 aliphatic rings. The Morgan fingerprint density at radius 3 is 2.38 bits per heavy atom. The van der Waals surface area contributed by atoms with Gasteiger partial charge in [-0.3, -0.25) is 9.69 Å². The van der Waals surface area contributed by atoms with Gasteiger partial charge in [0.05, 0.1) is 23.5 Å². The first-order valence-electron chi connectivity index (χ1n) is 13.0. The average molecular weight is 591 g/mol. The molecule has 1 aliphatic heterocycles. The zero-order valence-corrected chi connectivity index (χ0v) is 24.8. The molecule has 2 aromatic rings. The van der Waals surface area contributed by atoms with E-state index in [9.17, 15) is 13.2 Å². The van der Waals surface area contributed by atoms with Crippen LogP contribution >= 0.6 is 23.4 Å². The first kappa shape index (κ1) is 30.8. The number of sulfonamides is 1. The van der Waals surface area contributed by atoms with E-state index in [1.807, 2.05) is 12.1 Å². The summed E-state index contributed by atoms with van der Waals surface area (Å²) in [6, 6.07) is 11.1. The molecule has 0 bridgehead atoms. The molecular formula is C29H35ClN2O5S2. The molecule has 0 radical (unpaired) electrons. The zero-order chi connectivity index (χ0) is 28.3. The highest BCUT2D eigenvalue weighted by Gasteiger charge is 2.34. The Kier molecular flexibility index (Phi) is 12.0. The molecule has 0 aromatic heterocycles. The van der Waals surface area contributed by atoms with Gasteiger partial charge in [-0.15, -0.1) is 11.0 Å². The fourth-order valence-electron chi connectivity index (χ4n) is 3.91. The maximum Gasteiger partial charge on any atom is 0.284 e. The van der Waals surface area contributed by atoms with Crippen LogP contribution in [0.4, 0.5) is 0 Å². The third-order valence-electron chi connectivity index (χ3n) is 6.00. The Hall–Kier alpha value is -2.75. The monoisotopic (exact) mass is 590 g/mol. The van der Waals surface area contributed by atoms with Crippen LogP contribution in [0.2, 0.25) is 5.02 Å². The van der Waals surface area contributed by atoms with E-state index in [0.717, 1.165) is 24.6 Å². The summed E-state index contributed by atoms with van der Waals surface area (Å²) in [7, 11) is -2.48. The average Bonchev–Trinajstić information content (AvgIpc) is 3.19. The summed E-state index contributed by atoms with van der Waals surface area (Å²) in [6.45, 7) is 6.62. The van der Waals surface area contributed by atoms with Crippen LogP contribution in [0.25, 0.3) is 6.08 Å². The molecule has 0 unspecified atom stereocenters. The predicted octanol–water partition coefficient (Wildman–Crippen LogP) is 7.33. The van der Waals surface area contributed by atoms with Crippen molar-refractivity contribution in [2.45, 2.75) is 56.8 Å². The van der Waals surface area contributed by atoms with Crippen LogP contribution in [0.15, 0.2) is 69.3 Å². The molecule has 2 aromatic carbocycles. The number of amidine groups is 1. The lowest BCUT2D eigenvalue weighted by atomic mass is 10.1. The molecular weight excluding hydrogens is 556 g/mol. The van der Waals surface area contributed by atoms with Crippen molar-refractivity contribution in [3.63, 3.8) is 0 Å². The van der Waals surface area contributed by atoms with Crippen LogP contribution in [0, 0.1) is 0 Å². The molecule has 0 N–H and O–H groups in total. The topological polar surface area (TPSA) is 85.3 Å². The molecule has 0 saturated carbocycles. The number of rotatable bonds is 15. The normalized spacial score (nSPS) is 15.8. The lowest BCUT2D eigenvalue weighted by Crippen LogP contribution is -2.29. The second-order valence-corrected chi connectivity index (χ2v) is 12.0. The number of carbonyl (C=O) groups excluding carboxylic acids is 1. The van der Waals surface area contributed by atoms with E-state index in [-0.39, 0.29) is 22.5 Å². The fraction of sp³-hybridized carbons (Fsp3) is 0.379. The lowest BCUT2D eigenvalue weighted by molar-refractivity contribution is -0.121. The maximum atomic E-state index is 13.1. The van der Waals surface area contributed by atoms with Gasteiger partial charge in [0, 0.05) is 11.6 Å². The number of ether oxygens (including phenoxy) is 2. The molecule has 3 rings (SSSR count). The first-order chi connectivity index (χ1) is 18.8. The van der Waals surface area contributed by atoms with Crippen molar-refractivity contribution in [1.82, 2.24) is 4.90 Å². The van der Waals surface area contributed by atoms with E-state index in [1.165, 1.54) is 67.3 Å². The van der Waals surface area contributed by atoms with Crippen LogP contribution in [-0.4, -0.2) is 44.7 Å². The Balaban J connectivity index is 1.72. The fourth-order valence-corrected chi connectivity index (χ4v) is 6.23. The number of carbonyl (C=O) groups is 1. The van der Waals surface area contributed by atoms with Crippen molar-refractivity contribution in [1.29, 1.82) is 0 Å². The quantitative estimate of drug-likeness (QED) is 0.123.